The van der Waals surface area contributed by atoms with Gasteiger partial charge in [-0.3, -0.25) is 0 Å². The van der Waals surface area contributed by atoms with Gasteiger partial charge in [-0.05, 0) is 37.6 Å². The van der Waals surface area contributed by atoms with E-state index in [0.717, 1.165) is 5.56 Å². The minimum atomic E-state index is -3.59. The average Bonchev–Trinajstić information content (AvgIpc) is 2.35. The van der Waals surface area contributed by atoms with Crippen LogP contribution in [0.1, 0.15) is 18.4 Å². The van der Waals surface area contributed by atoms with Gasteiger partial charge in [0.05, 0.1) is 11.1 Å². The second kappa shape index (κ2) is 6.41. The first-order valence-corrected chi connectivity index (χ1v) is 8.30. The molecule has 1 aliphatic carbocycles. The zero-order valence-corrected chi connectivity index (χ0v) is 13.1. The molecule has 0 amide bonds. The molecule has 0 unspecified atom stereocenters. The fourth-order valence-corrected chi connectivity index (χ4v) is 4.02. The van der Waals surface area contributed by atoms with Gasteiger partial charge in [-0.25, -0.2) is 13.1 Å². The molecule has 0 heterocycles. The Morgan fingerprint density at radius 3 is 2.70 bits per heavy atom. The summed E-state index contributed by atoms with van der Waals surface area (Å²) in [4.78, 5) is 0.132. The van der Waals surface area contributed by atoms with E-state index in [9.17, 15) is 8.42 Å². The lowest BCUT2D eigenvalue weighted by molar-refractivity contribution is 0.0236. The molecule has 0 bridgehead atoms. The Kier molecular flexibility index (Phi) is 5.04. The Morgan fingerprint density at radius 2 is 2.10 bits per heavy atom. The molecule has 1 aliphatic rings. The summed E-state index contributed by atoms with van der Waals surface area (Å²) >= 11 is 6.02. The topological polar surface area (TPSA) is 67.4 Å². The van der Waals surface area contributed by atoms with E-state index in [-0.39, 0.29) is 22.1 Å². The maximum Gasteiger partial charge on any atom is 0.242 e. The third kappa shape index (κ3) is 3.51. The Balaban J connectivity index is 2.14. The van der Waals surface area contributed by atoms with E-state index in [1.165, 1.54) is 0 Å². The van der Waals surface area contributed by atoms with Crippen molar-refractivity contribution in [2.45, 2.75) is 36.4 Å². The van der Waals surface area contributed by atoms with Gasteiger partial charge in [0.15, 0.2) is 0 Å². The first-order chi connectivity index (χ1) is 9.46. The van der Waals surface area contributed by atoms with Crippen LogP contribution in [0, 0.1) is 0 Å². The zero-order chi connectivity index (χ0) is 14.8. The standard InChI is InChI=1S/C13H19ClN2O3S/c1-15-8-9-3-4-12(14)13(5-9)20(17,18)16-10-6-11(7-10)19-2/h3-5,10-11,15-16H,6-8H2,1-2H3. The van der Waals surface area contributed by atoms with Crippen molar-refractivity contribution >= 4 is 21.6 Å². The van der Waals surface area contributed by atoms with E-state index in [2.05, 4.69) is 10.0 Å². The third-order valence-corrected chi connectivity index (χ3v) is 5.42. The fraction of sp³-hybridized carbons (Fsp3) is 0.538. The van der Waals surface area contributed by atoms with E-state index in [1.54, 1.807) is 26.3 Å². The van der Waals surface area contributed by atoms with Crippen molar-refractivity contribution in [1.82, 2.24) is 10.0 Å². The molecule has 1 fully saturated rings. The first kappa shape index (κ1) is 15.7. The Hall–Kier alpha value is -0.660. The van der Waals surface area contributed by atoms with Crippen molar-refractivity contribution in [2.24, 2.45) is 0 Å². The number of rotatable bonds is 6. The predicted molar refractivity (Wildman–Crippen MR) is 78.4 cm³/mol. The highest BCUT2D eigenvalue weighted by Gasteiger charge is 2.33. The quantitative estimate of drug-likeness (QED) is 0.834. The van der Waals surface area contributed by atoms with Crippen LogP contribution < -0.4 is 10.0 Å². The second-order valence-electron chi connectivity index (χ2n) is 4.94. The summed E-state index contributed by atoms with van der Waals surface area (Å²) in [7, 11) is -0.151. The van der Waals surface area contributed by atoms with Crippen LogP contribution in [0.25, 0.3) is 0 Å². The SMILES string of the molecule is CNCc1ccc(Cl)c(S(=O)(=O)NC2CC(OC)C2)c1. The van der Waals surface area contributed by atoms with E-state index >= 15 is 0 Å². The lowest BCUT2D eigenvalue weighted by Gasteiger charge is -2.34. The van der Waals surface area contributed by atoms with Crippen LogP contribution in [0.3, 0.4) is 0 Å². The molecule has 2 N–H and O–H groups in total. The number of hydrogen-bond donors (Lipinski definition) is 2. The molecule has 1 saturated carbocycles. The summed E-state index contributed by atoms with van der Waals surface area (Å²) in [5.74, 6) is 0. The Bertz CT molecular complexity index is 571. The monoisotopic (exact) mass is 318 g/mol. The number of nitrogens with one attached hydrogen (secondary N) is 2. The predicted octanol–water partition coefficient (Wildman–Crippen LogP) is 1.52. The van der Waals surface area contributed by atoms with Crippen LogP contribution in [0.5, 0.6) is 0 Å². The van der Waals surface area contributed by atoms with Gasteiger partial charge >= 0.3 is 0 Å². The number of ether oxygens (including phenoxy) is 1. The third-order valence-electron chi connectivity index (χ3n) is 3.42. The van der Waals surface area contributed by atoms with E-state index in [4.69, 9.17) is 16.3 Å². The van der Waals surface area contributed by atoms with Crippen LogP contribution in [0.15, 0.2) is 23.1 Å². The van der Waals surface area contributed by atoms with Gasteiger partial charge < -0.3 is 10.1 Å². The van der Waals surface area contributed by atoms with Crippen molar-refractivity contribution in [1.29, 1.82) is 0 Å². The molecular weight excluding hydrogens is 300 g/mol. The number of benzene rings is 1. The largest absolute Gasteiger partial charge is 0.381 e. The molecule has 20 heavy (non-hydrogen) atoms. The van der Waals surface area contributed by atoms with Crippen LogP contribution in [0.2, 0.25) is 5.02 Å². The highest BCUT2D eigenvalue weighted by molar-refractivity contribution is 7.89. The minimum absolute atomic E-state index is 0.0750. The lowest BCUT2D eigenvalue weighted by Crippen LogP contribution is -2.47. The van der Waals surface area contributed by atoms with Crippen LogP contribution in [-0.4, -0.2) is 34.7 Å². The van der Waals surface area contributed by atoms with Crippen LogP contribution >= 0.6 is 11.6 Å². The highest BCUT2D eigenvalue weighted by atomic mass is 35.5. The molecular formula is C13H19ClN2O3S. The molecule has 1 aromatic carbocycles. The molecule has 0 aliphatic heterocycles. The van der Waals surface area contributed by atoms with E-state index in [1.807, 2.05) is 6.07 Å². The summed E-state index contributed by atoms with van der Waals surface area (Å²) in [6.07, 6.45) is 1.54. The average molecular weight is 319 g/mol. The normalized spacial score (nSPS) is 22.6. The number of methoxy groups -OCH3 is 1. The Labute approximate surface area is 124 Å². The van der Waals surface area contributed by atoms with Crippen molar-refractivity contribution in [3.8, 4) is 0 Å². The van der Waals surface area contributed by atoms with Gasteiger partial charge in [-0.2, -0.15) is 0 Å². The van der Waals surface area contributed by atoms with Gasteiger partial charge in [0.1, 0.15) is 4.90 Å². The van der Waals surface area contributed by atoms with Crippen LogP contribution in [-0.2, 0) is 21.3 Å². The molecule has 7 heteroatoms. The van der Waals surface area contributed by atoms with Gasteiger partial charge in [0, 0.05) is 19.7 Å². The summed E-state index contributed by atoms with van der Waals surface area (Å²) < 4.78 is 32.5. The fourth-order valence-electron chi connectivity index (χ4n) is 2.21. The van der Waals surface area contributed by atoms with Crippen LogP contribution in [0.4, 0.5) is 0 Å². The summed E-state index contributed by atoms with van der Waals surface area (Å²) in [5, 5.41) is 3.22. The van der Waals surface area contributed by atoms with Crippen molar-refractivity contribution in [3.63, 3.8) is 0 Å². The van der Waals surface area contributed by atoms with E-state index < -0.39 is 10.0 Å². The molecule has 0 saturated heterocycles. The minimum Gasteiger partial charge on any atom is -0.381 e. The second-order valence-corrected chi connectivity index (χ2v) is 7.03. The van der Waals surface area contributed by atoms with Gasteiger partial charge in [0.2, 0.25) is 10.0 Å². The molecule has 5 nitrogen and oxygen atoms in total. The van der Waals surface area contributed by atoms with Gasteiger partial charge in [0.25, 0.3) is 0 Å². The number of sulfonamides is 1. The van der Waals surface area contributed by atoms with E-state index in [0.29, 0.717) is 19.4 Å². The Morgan fingerprint density at radius 1 is 1.40 bits per heavy atom. The summed E-state index contributed by atoms with van der Waals surface area (Å²) in [5.41, 5.74) is 0.876. The molecule has 0 spiro atoms. The molecule has 1 aromatic rings. The summed E-state index contributed by atoms with van der Waals surface area (Å²) in [6, 6.07) is 4.95. The highest BCUT2D eigenvalue weighted by Crippen LogP contribution is 2.27. The number of hydrogen-bond acceptors (Lipinski definition) is 4. The molecule has 2 rings (SSSR count). The van der Waals surface area contributed by atoms with Crippen molar-refractivity contribution in [2.75, 3.05) is 14.2 Å². The lowest BCUT2D eigenvalue weighted by atomic mass is 9.90. The summed E-state index contributed by atoms with van der Waals surface area (Å²) in [6.45, 7) is 0.592. The molecule has 0 radical (unpaired) electrons. The molecule has 112 valence electrons. The maximum atomic E-state index is 12.4. The zero-order valence-electron chi connectivity index (χ0n) is 11.5. The molecule has 0 atom stereocenters. The van der Waals surface area contributed by atoms with Crippen molar-refractivity contribution in [3.05, 3.63) is 28.8 Å². The smallest absolute Gasteiger partial charge is 0.242 e. The van der Waals surface area contributed by atoms with Gasteiger partial charge in [-0.1, -0.05) is 17.7 Å². The van der Waals surface area contributed by atoms with Gasteiger partial charge in [-0.15, -0.1) is 0 Å². The number of halogens is 1. The first-order valence-electron chi connectivity index (χ1n) is 6.44. The molecule has 0 aromatic heterocycles. The maximum absolute atomic E-state index is 12.4. The van der Waals surface area contributed by atoms with Crippen molar-refractivity contribution < 1.29 is 13.2 Å².